The number of anilines is 1. The lowest BCUT2D eigenvalue weighted by atomic mass is 10.2. The Kier molecular flexibility index (Phi) is 3.52. The number of benzene rings is 2. The second-order valence-corrected chi connectivity index (χ2v) is 4.89. The minimum Gasteiger partial charge on any atom is -0.494 e. The van der Waals surface area contributed by atoms with Crippen molar-refractivity contribution in [3.05, 3.63) is 42.5 Å². The maximum absolute atomic E-state index is 5.89. The van der Waals surface area contributed by atoms with Gasteiger partial charge in [-0.3, -0.25) is 0 Å². The van der Waals surface area contributed by atoms with Gasteiger partial charge < -0.3 is 15.0 Å². The van der Waals surface area contributed by atoms with Crippen molar-refractivity contribution < 1.29 is 4.74 Å². The quantitative estimate of drug-likeness (QED) is 0.742. The average Bonchev–Trinajstić information content (AvgIpc) is 2.85. The monoisotopic (exact) mass is 281 g/mol. The van der Waals surface area contributed by atoms with Gasteiger partial charge in [-0.1, -0.05) is 12.1 Å². The molecule has 1 aromatic heterocycles. The molecule has 0 aliphatic heterocycles. The zero-order chi connectivity index (χ0) is 14.8. The first kappa shape index (κ1) is 13.5. The highest BCUT2D eigenvalue weighted by Gasteiger charge is 2.12. The first-order valence-electron chi connectivity index (χ1n) is 7.22. The van der Waals surface area contributed by atoms with Crippen molar-refractivity contribution in [3.63, 3.8) is 0 Å². The number of aromatic nitrogens is 2. The number of aryl methyl sites for hydroxylation is 1. The zero-order valence-electron chi connectivity index (χ0n) is 12.3. The maximum atomic E-state index is 5.89. The molecule has 0 radical (unpaired) electrons. The van der Waals surface area contributed by atoms with Gasteiger partial charge >= 0.3 is 0 Å². The second-order valence-electron chi connectivity index (χ2n) is 4.89. The Morgan fingerprint density at radius 2 is 2.00 bits per heavy atom. The molecule has 4 nitrogen and oxygen atoms in total. The average molecular weight is 281 g/mol. The van der Waals surface area contributed by atoms with Gasteiger partial charge in [0.15, 0.2) is 0 Å². The van der Waals surface area contributed by atoms with Crippen LogP contribution in [-0.2, 0) is 6.54 Å². The Hall–Kier alpha value is -2.49. The van der Waals surface area contributed by atoms with Crippen LogP contribution in [0.1, 0.15) is 13.8 Å². The Balaban J connectivity index is 2.18. The summed E-state index contributed by atoms with van der Waals surface area (Å²) < 4.78 is 7.75. The van der Waals surface area contributed by atoms with Crippen LogP contribution in [0.3, 0.4) is 0 Å². The van der Waals surface area contributed by atoms with Crippen LogP contribution in [0.15, 0.2) is 42.5 Å². The molecule has 108 valence electrons. The third-order valence-electron chi connectivity index (χ3n) is 3.49. The number of hydrogen-bond donors (Lipinski definition) is 1. The molecule has 0 saturated carbocycles. The molecule has 0 saturated heterocycles. The third-order valence-corrected chi connectivity index (χ3v) is 3.49. The highest BCUT2D eigenvalue weighted by atomic mass is 16.5. The standard InChI is InChI=1S/C17H19N3O/c1-3-20-16-9-8-14(21-4-2)11-15(16)19-17(20)12-6-5-7-13(18)10-12/h5-11H,3-4,18H2,1-2H3. The lowest BCUT2D eigenvalue weighted by Gasteiger charge is -2.07. The van der Waals surface area contributed by atoms with Gasteiger partial charge in [-0.15, -0.1) is 0 Å². The van der Waals surface area contributed by atoms with Crippen LogP contribution in [0.25, 0.3) is 22.4 Å². The number of hydrogen-bond acceptors (Lipinski definition) is 3. The second kappa shape index (κ2) is 5.48. The summed E-state index contributed by atoms with van der Waals surface area (Å²) in [5.74, 6) is 1.79. The Morgan fingerprint density at radius 3 is 2.71 bits per heavy atom. The molecule has 3 rings (SSSR count). The predicted molar refractivity (Wildman–Crippen MR) is 86.4 cm³/mol. The number of fused-ring (bicyclic) bond motifs is 1. The normalized spacial score (nSPS) is 11.0. The first-order chi connectivity index (χ1) is 10.2. The number of nitrogen functional groups attached to an aromatic ring is 1. The van der Waals surface area contributed by atoms with E-state index in [-0.39, 0.29) is 0 Å². The van der Waals surface area contributed by atoms with Gasteiger partial charge in [0.2, 0.25) is 0 Å². The molecule has 0 bridgehead atoms. The number of nitrogens with zero attached hydrogens (tertiary/aromatic N) is 2. The molecule has 0 spiro atoms. The van der Waals surface area contributed by atoms with Crippen molar-refractivity contribution >= 4 is 16.7 Å². The minimum absolute atomic E-state index is 0.655. The molecule has 3 aromatic rings. The van der Waals surface area contributed by atoms with Gasteiger partial charge in [-0.2, -0.15) is 0 Å². The largest absolute Gasteiger partial charge is 0.494 e. The molecule has 0 fully saturated rings. The van der Waals surface area contributed by atoms with Crippen molar-refractivity contribution in [2.24, 2.45) is 0 Å². The van der Waals surface area contributed by atoms with Crippen LogP contribution in [0.4, 0.5) is 5.69 Å². The molecule has 2 aromatic carbocycles. The molecular formula is C17H19N3O. The van der Waals surface area contributed by atoms with Gasteiger partial charge in [0.25, 0.3) is 0 Å². The van der Waals surface area contributed by atoms with Crippen molar-refractivity contribution in [1.29, 1.82) is 0 Å². The lowest BCUT2D eigenvalue weighted by Crippen LogP contribution is -1.98. The van der Waals surface area contributed by atoms with E-state index in [4.69, 9.17) is 15.5 Å². The van der Waals surface area contributed by atoms with Crippen molar-refractivity contribution in [2.45, 2.75) is 20.4 Å². The van der Waals surface area contributed by atoms with Crippen LogP contribution >= 0.6 is 0 Å². The van der Waals surface area contributed by atoms with Crippen LogP contribution < -0.4 is 10.5 Å². The molecular weight excluding hydrogens is 262 g/mol. The molecule has 0 atom stereocenters. The topological polar surface area (TPSA) is 53.1 Å². The number of nitrogens with two attached hydrogens (primary N) is 1. The highest BCUT2D eigenvalue weighted by molar-refractivity contribution is 5.82. The van der Waals surface area contributed by atoms with Crippen molar-refractivity contribution in [1.82, 2.24) is 9.55 Å². The van der Waals surface area contributed by atoms with E-state index in [0.29, 0.717) is 6.61 Å². The molecule has 0 unspecified atom stereocenters. The maximum Gasteiger partial charge on any atom is 0.141 e. The summed E-state index contributed by atoms with van der Waals surface area (Å²) in [7, 11) is 0. The summed E-state index contributed by atoms with van der Waals surface area (Å²) in [6.45, 7) is 5.61. The predicted octanol–water partition coefficient (Wildman–Crippen LogP) is 3.70. The Labute approximate surface area is 124 Å². The molecule has 1 heterocycles. The van der Waals surface area contributed by atoms with E-state index in [0.717, 1.165) is 40.4 Å². The van der Waals surface area contributed by atoms with Gasteiger partial charge in [0.1, 0.15) is 11.6 Å². The van der Waals surface area contributed by atoms with Crippen molar-refractivity contribution in [3.8, 4) is 17.1 Å². The van der Waals surface area contributed by atoms with Gasteiger partial charge in [0.05, 0.1) is 17.6 Å². The van der Waals surface area contributed by atoms with E-state index in [2.05, 4.69) is 17.6 Å². The van der Waals surface area contributed by atoms with E-state index >= 15 is 0 Å². The Bertz CT molecular complexity index is 777. The van der Waals surface area contributed by atoms with Gasteiger partial charge in [-0.25, -0.2) is 4.98 Å². The van der Waals surface area contributed by atoms with Crippen LogP contribution in [0.2, 0.25) is 0 Å². The molecule has 2 N–H and O–H groups in total. The van der Waals surface area contributed by atoms with Crippen LogP contribution in [0.5, 0.6) is 5.75 Å². The Morgan fingerprint density at radius 1 is 1.14 bits per heavy atom. The number of imidazole rings is 1. The fourth-order valence-corrected chi connectivity index (χ4v) is 2.58. The van der Waals surface area contributed by atoms with Gasteiger partial charge in [0, 0.05) is 23.9 Å². The first-order valence-corrected chi connectivity index (χ1v) is 7.22. The zero-order valence-corrected chi connectivity index (χ0v) is 12.3. The summed E-state index contributed by atoms with van der Waals surface area (Å²) in [5.41, 5.74) is 9.72. The van der Waals surface area contributed by atoms with Crippen LogP contribution in [0, 0.1) is 0 Å². The molecule has 0 aliphatic carbocycles. The molecule has 0 amide bonds. The van der Waals surface area contributed by atoms with Crippen LogP contribution in [-0.4, -0.2) is 16.2 Å². The lowest BCUT2D eigenvalue weighted by molar-refractivity contribution is 0.340. The summed E-state index contributed by atoms with van der Waals surface area (Å²) in [6.07, 6.45) is 0. The fourth-order valence-electron chi connectivity index (χ4n) is 2.58. The third kappa shape index (κ3) is 2.44. The summed E-state index contributed by atoms with van der Waals surface area (Å²) in [6, 6.07) is 13.9. The number of ether oxygens (including phenoxy) is 1. The highest BCUT2D eigenvalue weighted by Crippen LogP contribution is 2.28. The number of rotatable bonds is 4. The molecule has 21 heavy (non-hydrogen) atoms. The fraction of sp³-hybridized carbons (Fsp3) is 0.235. The van der Waals surface area contributed by atoms with E-state index in [1.807, 2.05) is 43.3 Å². The molecule has 4 heteroatoms. The van der Waals surface area contributed by atoms with Crippen molar-refractivity contribution in [2.75, 3.05) is 12.3 Å². The SMILES string of the molecule is CCOc1ccc2c(c1)nc(-c1cccc(N)c1)n2CC. The van der Waals surface area contributed by atoms with E-state index < -0.39 is 0 Å². The van der Waals surface area contributed by atoms with E-state index in [1.54, 1.807) is 0 Å². The minimum atomic E-state index is 0.655. The molecule has 0 aliphatic rings. The smallest absolute Gasteiger partial charge is 0.141 e. The summed E-state index contributed by atoms with van der Waals surface area (Å²) >= 11 is 0. The summed E-state index contributed by atoms with van der Waals surface area (Å²) in [4.78, 5) is 4.77. The summed E-state index contributed by atoms with van der Waals surface area (Å²) in [5, 5.41) is 0. The van der Waals surface area contributed by atoms with Gasteiger partial charge in [-0.05, 0) is 38.1 Å². The van der Waals surface area contributed by atoms with E-state index in [1.165, 1.54) is 0 Å². The van der Waals surface area contributed by atoms with E-state index in [9.17, 15) is 0 Å².